The van der Waals surface area contributed by atoms with Gasteiger partial charge >= 0.3 is 0 Å². The van der Waals surface area contributed by atoms with Crippen LogP contribution in [0.3, 0.4) is 0 Å². The molecule has 3 atom stereocenters. The summed E-state index contributed by atoms with van der Waals surface area (Å²) in [5.41, 5.74) is 0. The first-order chi connectivity index (χ1) is 11.1. The van der Waals surface area contributed by atoms with E-state index in [2.05, 4.69) is 9.88 Å². The highest BCUT2D eigenvalue weighted by Gasteiger charge is 2.41. The predicted octanol–water partition coefficient (Wildman–Crippen LogP) is 1.23. The summed E-state index contributed by atoms with van der Waals surface area (Å²) in [6.45, 7) is 3.48. The molecule has 1 amide bonds. The second-order valence-electron chi connectivity index (χ2n) is 6.51. The lowest BCUT2D eigenvalue weighted by atomic mass is 10.1. The molecule has 0 radical (unpaired) electrons. The van der Waals surface area contributed by atoms with E-state index in [1.807, 2.05) is 11.6 Å². The number of amides is 1. The van der Waals surface area contributed by atoms with Crippen LogP contribution in [-0.2, 0) is 20.8 Å². The Morgan fingerprint density at radius 1 is 1.52 bits per heavy atom. The minimum Gasteiger partial charge on any atom is -0.375 e. The molecule has 3 unspecified atom stereocenters. The van der Waals surface area contributed by atoms with Gasteiger partial charge in [0.2, 0.25) is 5.91 Å². The Bertz CT molecular complexity index is 509. The molecular weight excluding hydrogens is 314 g/mol. The molecule has 2 fully saturated rings. The van der Waals surface area contributed by atoms with Gasteiger partial charge in [0.05, 0.1) is 25.9 Å². The zero-order valence-corrected chi connectivity index (χ0v) is 14.6. The maximum Gasteiger partial charge on any atom is 0.248 e. The summed E-state index contributed by atoms with van der Waals surface area (Å²) < 4.78 is 11.6. The van der Waals surface area contributed by atoms with Crippen LogP contribution < -0.4 is 0 Å². The summed E-state index contributed by atoms with van der Waals surface area (Å²) in [4.78, 5) is 20.0. The molecule has 128 valence electrons. The van der Waals surface area contributed by atoms with Crippen molar-refractivity contribution in [1.82, 2.24) is 14.8 Å². The van der Waals surface area contributed by atoms with Gasteiger partial charge in [0.1, 0.15) is 11.6 Å². The van der Waals surface area contributed by atoms with E-state index in [0.717, 1.165) is 32.5 Å². The molecule has 2 heterocycles. The predicted molar refractivity (Wildman–Crippen MR) is 88.3 cm³/mol. The van der Waals surface area contributed by atoms with Crippen molar-refractivity contribution in [3.63, 3.8) is 0 Å². The highest BCUT2D eigenvalue weighted by Crippen LogP contribution is 2.35. The van der Waals surface area contributed by atoms with Crippen molar-refractivity contribution in [2.24, 2.45) is 5.92 Å². The van der Waals surface area contributed by atoms with Crippen LogP contribution in [0, 0.1) is 5.92 Å². The summed E-state index contributed by atoms with van der Waals surface area (Å²) in [5.74, 6) is 0.485. The van der Waals surface area contributed by atoms with E-state index in [4.69, 9.17) is 9.47 Å². The maximum absolute atomic E-state index is 11.6. The van der Waals surface area contributed by atoms with Gasteiger partial charge in [0, 0.05) is 38.3 Å². The number of thiazole rings is 1. The normalized spacial score (nSPS) is 27.8. The van der Waals surface area contributed by atoms with Gasteiger partial charge in [-0.15, -0.1) is 11.3 Å². The lowest BCUT2D eigenvalue weighted by Crippen LogP contribution is -2.47. The number of rotatable bonds is 6. The van der Waals surface area contributed by atoms with Crippen molar-refractivity contribution in [1.29, 1.82) is 0 Å². The number of hydrogen-bond acceptors (Lipinski definition) is 6. The molecule has 0 bridgehead atoms. The van der Waals surface area contributed by atoms with Gasteiger partial charge in [0.15, 0.2) is 0 Å². The van der Waals surface area contributed by atoms with E-state index in [1.165, 1.54) is 5.01 Å². The summed E-state index contributed by atoms with van der Waals surface area (Å²) in [7, 11) is 3.50. The van der Waals surface area contributed by atoms with E-state index in [-0.39, 0.29) is 12.5 Å². The van der Waals surface area contributed by atoms with Gasteiger partial charge in [-0.2, -0.15) is 0 Å². The Balaban J connectivity index is 1.49. The molecule has 0 spiro atoms. The van der Waals surface area contributed by atoms with Crippen molar-refractivity contribution in [3.8, 4) is 0 Å². The number of carbonyl (C=O) groups is 1. The largest absolute Gasteiger partial charge is 0.375 e. The van der Waals surface area contributed by atoms with Crippen LogP contribution in [0.1, 0.15) is 17.8 Å². The number of carbonyl (C=O) groups excluding carboxylic acids is 1. The third-order valence-corrected chi connectivity index (χ3v) is 5.41. The Morgan fingerprint density at radius 2 is 2.39 bits per heavy atom. The van der Waals surface area contributed by atoms with Crippen molar-refractivity contribution in [2.75, 3.05) is 40.5 Å². The lowest BCUT2D eigenvalue weighted by Gasteiger charge is -2.37. The lowest BCUT2D eigenvalue weighted by molar-refractivity contribution is -0.134. The second-order valence-corrected chi connectivity index (χ2v) is 7.49. The molecule has 7 heteroatoms. The van der Waals surface area contributed by atoms with Crippen LogP contribution in [0.2, 0.25) is 0 Å². The van der Waals surface area contributed by atoms with Gasteiger partial charge in [-0.3, -0.25) is 9.69 Å². The van der Waals surface area contributed by atoms with Gasteiger partial charge in [-0.05, 0) is 18.8 Å². The number of nitrogens with zero attached hydrogens (tertiary/aromatic N) is 3. The molecule has 3 rings (SSSR count). The van der Waals surface area contributed by atoms with Crippen LogP contribution in [-0.4, -0.2) is 73.3 Å². The molecule has 1 aromatic rings. The van der Waals surface area contributed by atoms with E-state index < -0.39 is 0 Å². The molecule has 6 nitrogen and oxygen atoms in total. The SMILES string of the molecule is CN(C)C(=O)COCC1CC2OCCN(Cc3nccs3)C2C1. The van der Waals surface area contributed by atoms with E-state index in [0.29, 0.717) is 24.7 Å². The standard InChI is InChI=1S/C16H25N3O3S/c1-18(2)16(20)11-21-10-12-7-13-14(8-12)22-5-4-19(13)9-15-17-3-6-23-15/h3,6,12-14H,4-5,7-11H2,1-2H3. The van der Waals surface area contributed by atoms with Gasteiger partial charge in [-0.25, -0.2) is 4.98 Å². The number of hydrogen-bond donors (Lipinski definition) is 0. The van der Waals surface area contributed by atoms with Crippen molar-refractivity contribution in [2.45, 2.75) is 31.5 Å². The minimum atomic E-state index is 0.0158. The average molecular weight is 339 g/mol. The van der Waals surface area contributed by atoms with Crippen molar-refractivity contribution >= 4 is 17.2 Å². The molecule has 1 aromatic heterocycles. The third-order valence-electron chi connectivity index (χ3n) is 4.65. The molecule has 0 aromatic carbocycles. The van der Waals surface area contributed by atoms with E-state index in [1.54, 1.807) is 30.3 Å². The summed E-state index contributed by atoms with van der Waals surface area (Å²) in [5, 5.41) is 3.20. The molecule has 1 saturated carbocycles. The third kappa shape index (κ3) is 4.29. The highest BCUT2D eigenvalue weighted by atomic mass is 32.1. The number of fused-ring (bicyclic) bond motifs is 1. The van der Waals surface area contributed by atoms with E-state index in [9.17, 15) is 4.79 Å². The summed E-state index contributed by atoms with van der Waals surface area (Å²) in [6, 6.07) is 0.450. The molecule has 2 aliphatic rings. The van der Waals surface area contributed by atoms with Crippen LogP contribution in [0.5, 0.6) is 0 Å². The first-order valence-corrected chi connectivity index (χ1v) is 9.03. The zero-order valence-electron chi connectivity index (χ0n) is 13.8. The fourth-order valence-electron chi connectivity index (χ4n) is 3.40. The molecule has 1 aliphatic heterocycles. The monoisotopic (exact) mass is 339 g/mol. The van der Waals surface area contributed by atoms with Crippen LogP contribution in [0.25, 0.3) is 0 Å². The molecule has 1 saturated heterocycles. The maximum atomic E-state index is 11.6. The molecule has 23 heavy (non-hydrogen) atoms. The fraction of sp³-hybridized carbons (Fsp3) is 0.750. The smallest absolute Gasteiger partial charge is 0.248 e. The number of morpholine rings is 1. The van der Waals surface area contributed by atoms with E-state index >= 15 is 0 Å². The Kier molecular flexibility index (Phi) is 5.63. The Hall–Kier alpha value is -1.02. The second kappa shape index (κ2) is 7.70. The molecular formula is C16H25N3O3S. The summed E-state index contributed by atoms with van der Waals surface area (Å²) in [6.07, 6.45) is 4.26. The zero-order chi connectivity index (χ0) is 16.2. The number of likely N-dealkylation sites (N-methyl/N-ethyl adjacent to an activating group) is 1. The van der Waals surface area contributed by atoms with Gasteiger partial charge in [-0.1, -0.05) is 0 Å². The topological polar surface area (TPSA) is 54.9 Å². The van der Waals surface area contributed by atoms with Crippen LogP contribution in [0.4, 0.5) is 0 Å². The summed E-state index contributed by atoms with van der Waals surface area (Å²) >= 11 is 1.71. The number of ether oxygens (including phenoxy) is 2. The Labute approximate surface area is 141 Å². The van der Waals surface area contributed by atoms with Gasteiger partial charge < -0.3 is 14.4 Å². The quantitative estimate of drug-likeness (QED) is 0.780. The van der Waals surface area contributed by atoms with Gasteiger partial charge in [0.25, 0.3) is 0 Å². The molecule has 1 aliphatic carbocycles. The minimum absolute atomic E-state index is 0.0158. The first kappa shape index (κ1) is 16.8. The fourth-order valence-corrected chi connectivity index (χ4v) is 4.05. The van der Waals surface area contributed by atoms with Crippen molar-refractivity contribution < 1.29 is 14.3 Å². The highest BCUT2D eigenvalue weighted by molar-refractivity contribution is 7.09. The number of aromatic nitrogens is 1. The van der Waals surface area contributed by atoms with Crippen LogP contribution in [0.15, 0.2) is 11.6 Å². The molecule has 0 N–H and O–H groups in total. The van der Waals surface area contributed by atoms with Crippen LogP contribution >= 0.6 is 11.3 Å². The first-order valence-electron chi connectivity index (χ1n) is 8.15. The Morgan fingerprint density at radius 3 is 3.13 bits per heavy atom. The average Bonchev–Trinajstić information content (AvgIpc) is 3.16. The van der Waals surface area contributed by atoms with Crippen molar-refractivity contribution in [3.05, 3.63) is 16.6 Å².